The Labute approximate surface area is 278 Å². The summed E-state index contributed by atoms with van der Waals surface area (Å²) in [5.74, 6) is 0.733. The van der Waals surface area contributed by atoms with Gasteiger partial charge < -0.3 is 24.4 Å². The number of phenolic OH excluding ortho intramolecular Hbond substituents is 1. The molecule has 1 amide bonds. The minimum absolute atomic E-state index is 0.119. The third-order valence-electron chi connectivity index (χ3n) is 10.8. The lowest BCUT2D eigenvalue weighted by atomic mass is 9.74. The van der Waals surface area contributed by atoms with Gasteiger partial charge in [-0.3, -0.25) is 14.4 Å². The second kappa shape index (κ2) is 11.6. The summed E-state index contributed by atoms with van der Waals surface area (Å²) in [5, 5.41) is 15.7. The van der Waals surface area contributed by atoms with Gasteiger partial charge in [-0.15, -0.1) is 0 Å². The van der Waals surface area contributed by atoms with Crippen LogP contribution in [0.5, 0.6) is 11.8 Å². The number of amides is 1. The minimum atomic E-state index is -0.850. The van der Waals surface area contributed by atoms with Crippen LogP contribution < -0.4 is 9.64 Å². The Morgan fingerprint density at radius 1 is 1.15 bits per heavy atom. The standard InChI is InChI=1S/C34H41ClFN7O4/c1-40(2)31(45)28-12-22-18-41(9-5-11-43(22)39-28)30-25-19-47-34(8-3-6-24-26(34)13-23(44)14-27(24)35)16-29(25)37-32(38-30)46-20-33-7-4-10-42(33)17-21(36)15-33/h12-14,21,44H,3-11,15-20H2,1-2H3/t21?,33-,34?/m0/s1. The van der Waals surface area contributed by atoms with E-state index in [1.807, 2.05) is 10.7 Å². The number of aromatic hydroxyl groups is 1. The van der Waals surface area contributed by atoms with Crippen LogP contribution in [0.1, 0.15) is 77.1 Å². The fourth-order valence-electron chi connectivity index (χ4n) is 8.57. The molecule has 6 heterocycles. The Bertz CT molecular complexity index is 1730. The van der Waals surface area contributed by atoms with Crippen LogP contribution in [0.4, 0.5) is 10.2 Å². The highest BCUT2D eigenvalue weighted by molar-refractivity contribution is 6.31. The van der Waals surface area contributed by atoms with E-state index < -0.39 is 11.8 Å². The Kier molecular flexibility index (Phi) is 7.60. The molecule has 47 heavy (non-hydrogen) atoms. The van der Waals surface area contributed by atoms with E-state index >= 15 is 0 Å². The van der Waals surface area contributed by atoms with E-state index in [2.05, 4.69) is 14.9 Å². The molecule has 0 bridgehead atoms. The number of carbonyl (C=O) groups is 1. The number of fused-ring (bicyclic) bond motifs is 5. The molecular formula is C34H41ClFN7O4. The number of aryl methyl sites for hydroxylation is 1. The predicted octanol–water partition coefficient (Wildman–Crippen LogP) is 4.40. The van der Waals surface area contributed by atoms with Crippen molar-refractivity contribution < 1.29 is 23.8 Å². The van der Waals surface area contributed by atoms with Crippen LogP contribution >= 0.6 is 11.6 Å². The molecule has 2 unspecified atom stereocenters. The predicted molar refractivity (Wildman–Crippen MR) is 173 cm³/mol. The lowest BCUT2D eigenvalue weighted by molar-refractivity contribution is -0.0856. The van der Waals surface area contributed by atoms with E-state index in [4.69, 9.17) is 31.0 Å². The van der Waals surface area contributed by atoms with E-state index in [0.717, 1.165) is 85.5 Å². The van der Waals surface area contributed by atoms with Gasteiger partial charge in [-0.05, 0) is 74.4 Å². The topological polar surface area (TPSA) is 109 Å². The summed E-state index contributed by atoms with van der Waals surface area (Å²) in [4.78, 5) is 28.8. The van der Waals surface area contributed by atoms with Gasteiger partial charge in [-0.1, -0.05) is 11.6 Å². The highest BCUT2D eigenvalue weighted by Gasteiger charge is 2.50. The number of anilines is 1. The largest absolute Gasteiger partial charge is 0.508 e. The first-order valence-electron chi connectivity index (χ1n) is 16.7. The Hall–Kier alpha value is -3.48. The van der Waals surface area contributed by atoms with Crippen molar-refractivity contribution in [2.75, 3.05) is 45.2 Å². The van der Waals surface area contributed by atoms with E-state index in [1.165, 1.54) is 4.90 Å². The fraction of sp³-hybridized carbons (Fsp3) is 0.588. The van der Waals surface area contributed by atoms with E-state index in [1.54, 1.807) is 26.2 Å². The van der Waals surface area contributed by atoms with Crippen LogP contribution in [-0.4, -0.2) is 92.6 Å². The van der Waals surface area contributed by atoms with Crippen molar-refractivity contribution in [3.63, 3.8) is 0 Å². The highest BCUT2D eigenvalue weighted by Crippen LogP contribution is 2.49. The molecule has 2 aromatic heterocycles. The molecule has 1 spiro atoms. The zero-order valence-corrected chi connectivity index (χ0v) is 27.7. The number of nitrogens with zero attached hydrogens (tertiary/aromatic N) is 7. The molecule has 0 radical (unpaired) electrons. The Morgan fingerprint density at radius 2 is 2.02 bits per heavy atom. The normalized spacial score (nSPS) is 26.8. The number of phenols is 1. The fourth-order valence-corrected chi connectivity index (χ4v) is 8.88. The first-order chi connectivity index (χ1) is 22.6. The molecule has 1 N–H and O–H groups in total. The minimum Gasteiger partial charge on any atom is -0.508 e. The summed E-state index contributed by atoms with van der Waals surface area (Å²) in [6.07, 6.45) is 5.34. The number of benzene rings is 1. The van der Waals surface area contributed by atoms with Crippen LogP contribution in [0.3, 0.4) is 0 Å². The number of hydrogen-bond donors (Lipinski definition) is 1. The summed E-state index contributed by atoms with van der Waals surface area (Å²) in [7, 11) is 3.45. The average Bonchev–Trinajstić information content (AvgIpc) is 3.66. The van der Waals surface area contributed by atoms with Gasteiger partial charge in [0.25, 0.3) is 5.91 Å². The SMILES string of the molecule is CN(C)C(=O)c1cc2n(n1)CCCN(c1nc(OC[C@@]34CCCN3CC(F)C4)nc3c1COC1(CCCc4c(Cl)cc(O)cc41)C3)C2. The molecular weight excluding hydrogens is 625 g/mol. The van der Waals surface area contributed by atoms with Crippen LogP contribution in [0, 0.1) is 0 Å². The van der Waals surface area contributed by atoms with Crippen molar-refractivity contribution in [1.29, 1.82) is 0 Å². The van der Waals surface area contributed by atoms with Gasteiger partial charge in [0.15, 0.2) is 5.69 Å². The number of ether oxygens (including phenoxy) is 2. The zero-order valence-electron chi connectivity index (χ0n) is 27.0. The molecule has 1 aromatic carbocycles. The van der Waals surface area contributed by atoms with Gasteiger partial charge in [0.05, 0.1) is 35.7 Å². The van der Waals surface area contributed by atoms with Crippen LogP contribution in [0.2, 0.25) is 5.02 Å². The maximum absolute atomic E-state index is 14.6. The van der Waals surface area contributed by atoms with Crippen molar-refractivity contribution in [1.82, 2.24) is 29.5 Å². The number of rotatable bonds is 5. The lowest BCUT2D eigenvalue weighted by Gasteiger charge is -2.43. The van der Waals surface area contributed by atoms with Crippen molar-refractivity contribution in [3.05, 3.63) is 57.0 Å². The maximum Gasteiger partial charge on any atom is 0.318 e. The zero-order chi connectivity index (χ0) is 32.5. The number of alkyl halides is 1. The number of hydrogen-bond acceptors (Lipinski definition) is 9. The summed E-state index contributed by atoms with van der Waals surface area (Å²) in [6.45, 7) is 3.88. The van der Waals surface area contributed by atoms with Crippen molar-refractivity contribution >= 4 is 23.3 Å². The van der Waals surface area contributed by atoms with Crippen molar-refractivity contribution in [2.45, 2.75) is 88.4 Å². The Balaban J connectivity index is 1.17. The van der Waals surface area contributed by atoms with Gasteiger partial charge in [-0.25, -0.2) is 4.39 Å². The molecule has 5 aliphatic rings. The van der Waals surface area contributed by atoms with Gasteiger partial charge in [0, 0.05) is 57.2 Å². The van der Waals surface area contributed by atoms with E-state index in [-0.39, 0.29) is 23.2 Å². The first kappa shape index (κ1) is 30.8. The molecule has 4 aliphatic heterocycles. The van der Waals surface area contributed by atoms with E-state index in [0.29, 0.717) is 56.4 Å². The molecule has 2 saturated heterocycles. The summed E-state index contributed by atoms with van der Waals surface area (Å²) in [5.41, 5.74) is 4.03. The van der Waals surface area contributed by atoms with Gasteiger partial charge in [-0.2, -0.15) is 15.1 Å². The number of aromatic nitrogens is 4. The molecule has 1 aliphatic carbocycles. The molecule has 3 aromatic rings. The third-order valence-corrected chi connectivity index (χ3v) is 11.2. The lowest BCUT2D eigenvalue weighted by Crippen LogP contribution is -2.44. The van der Waals surface area contributed by atoms with Crippen LogP contribution in [0.15, 0.2) is 18.2 Å². The van der Waals surface area contributed by atoms with Crippen LogP contribution in [-0.2, 0) is 42.9 Å². The summed E-state index contributed by atoms with van der Waals surface area (Å²) < 4.78 is 29.7. The molecule has 0 saturated carbocycles. The highest BCUT2D eigenvalue weighted by atomic mass is 35.5. The quantitative estimate of drug-likeness (QED) is 0.424. The monoisotopic (exact) mass is 665 g/mol. The van der Waals surface area contributed by atoms with Gasteiger partial charge >= 0.3 is 6.01 Å². The van der Waals surface area contributed by atoms with Crippen molar-refractivity contribution in [2.24, 2.45) is 0 Å². The van der Waals surface area contributed by atoms with Gasteiger partial charge in [0.2, 0.25) is 0 Å². The molecule has 11 nitrogen and oxygen atoms in total. The second-order valence-corrected chi connectivity index (χ2v) is 14.5. The van der Waals surface area contributed by atoms with Gasteiger partial charge in [0.1, 0.15) is 24.3 Å². The summed E-state index contributed by atoms with van der Waals surface area (Å²) >= 11 is 6.63. The number of halogens is 2. The number of carbonyl (C=O) groups excluding carboxylic acids is 1. The molecule has 13 heteroatoms. The smallest absolute Gasteiger partial charge is 0.318 e. The van der Waals surface area contributed by atoms with Crippen molar-refractivity contribution in [3.8, 4) is 11.8 Å². The molecule has 8 rings (SSSR count). The third kappa shape index (κ3) is 5.32. The Morgan fingerprint density at radius 3 is 2.87 bits per heavy atom. The van der Waals surface area contributed by atoms with E-state index in [9.17, 15) is 14.3 Å². The van der Waals surface area contributed by atoms with Crippen LogP contribution in [0.25, 0.3) is 0 Å². The second-order valence-electron chi connectivity index (χ2n) is 14.1. The molecule has 3 atom stereocenters. The molecule has 250 valence electrons. The summed E-state index contributed by atoms with van der Waals surface area (Å²) in [6, 6.07) is 5.54. The maximum atomic E-state index is 14.6. The average molecular weight is 666 g/mol. The first-order valence-corrected chi connectivity index (χ1v) is 17.1. The molecule has 2 fully saturated rings.